The average Bonchev–Trinajstić information content (AvgIpc) is 3.47. The molecule has 0 unspecified atom stereocenters. The number of nitrogens with zero attached hydrogens (tertiary/aromatic N) is 4. The Kier molecular flexibility index (Phi) is 5.24. The molecule has 0 aromatic carbocycles. The zero-order valence-corrected chi connectivity index (χ0v) is 16.6. The van der Waals surface area contributed by atoms with Crippen LogP contribution in [0.2, 0.25) is 0 Å². The van der Waals surface area contributed by atoms with Crippen LogP contribution >= 0.6 is 11.3 Å². The van der Waals surface area contributed by atoms with Gasteiger partial charge in [0.1, 0.15) is 11.5 Å². The normalized spacial score (nSPS) is 19.8. The van der Waals surface area contributed by atoms with E-state index in [1.165, 1.54) is 29.6 Å². The largest absolute Gasteiger partial charge is 0.463 e. The van der Waals surface area contributed by atoms with Crippen molar-refractivity contribution in [3.8, 4) is 10.6 Å². The van der Waals surface area contributed by atoms with Crippen LogP contribution in [0.25, 0.3) is 10.6 Å². The van der Waals surface area contributed by atoms with Gasteiger partial charge in [0.25, 0.3) is 0 Å². The molecule has 4 heterocycles. The van der Waals surface area contributed by atoms with Crippen molar-refractivity contribution in [1.82, 2.24) is 9.97 Å². The highest BCUT2D eigenvalue weighted by molar-refractivity contribution is 7.13. The highest BCUT2D eigenvalue weighted by Crippen LogP contribution is 2.50. The number of hydrogen-bond donors (Lipinski definition) is 1. The fourth-order valence-corrected chi connectivity index (χ4v) is 3.72. The Hall–Kier alpha value is -3.07. The van der Waals surface area contributed by atoms with Gasteiger partial charge in [-0.05, 0) is 29.6 Å². The molecule has 0 aliphatic carbocycles. The van der Waals surface area contributed by atoms with Crippen molar-refractivity contribution in [2.45, 2.75) is 30.4 Å². The van der Waals surface area contributed by atoms with Gasteiger partial charge < -0.3 is 9.52 Å². The molecule has 0 radical (unpaired) electrons. The Morgan fingerprint density at radius 1 is 1.03 bits per heavy atom. The molecule has 1 aliphatic rings. The summed E-state index contributed by atoms with van der Waals surface area (Å²) < 4.78 is 114. The van der Waals surface area contributed by atoms with E-state index < -0.39 is 53.5 Å². The van der Waals surface area contributed by atoms with Gasteiger partial charge >= 0.3 is 18.3 Å². The molecular formula is C18H10F8N4O2S. The minimum atomic E-state index is -6.29. The lowest BCUT2D eigenvalue weighted by atomic mass is 9.98. The SMILES string of the molecule is O[C@@]1(C(F)(F)C(F)(F)F)CC(c2ccco2)=NN1c1nc(-c2cccs2)cc(C(F)(F)F)n1. The topological polar surface area (TPSA) is 74.8 Å². The average molecular weight is 498 g/mol. The number of furan rings is 1. The number of rotatable bonds is 4. The molecule has 0 spiro atoms. The van der Waals surface area contributed by atoms with Crippen LogP contribution in [0.3, 0.4) is 0 Å². The number of halogens is 8. The van der Waals surface area contributed by atoms with Crippen molar-refractivity contribution < 1.29 is 44.6 Å². The molecule has 3 aromatic heterocycles. The maximum atomic E-state index is 14.5. The minimum Gasteiger partial charge on any atom is -0.463 e. The third-order valence-corrected chi connectivity index (χ3v) is 5.51. The van der Waals surface area contributed by atoms with Crippen LogP contribution < -0.4 is 5.01 Å². The van der Waals surface area contributed by atoms with Crippen LogP contribution in [-0.4, -0.2) is 38.6 Å². The predicted molar refractivity (Wildman–Crippen MR) is 98.6 cm³/mol. The molecular weight excluding hydrogens is 488 g/mol. The van der Waals surface area contributed by atoms with Gasteiger partial charge in [0.15, 0.2) is 5.69 Å². The molecule has 1 aliphatic heterocycles. The van der Waals surface area contributed by atoms with Gasteiger partial charge in [0.2, 0.25) is 11.7 Å². The summed E-state index contributed by atoms with van der Waals surface area (Å²) in [6.45, 7) is 0. The Balaban J connectivity index is 1.94. The van der Waals surface area contributed by atoms with Crippen LogP contribution in [0, 0.1) is 0 Å². The molecule has 6 nitrogen and oxygen atoms in total. The molecule has 176 valence electrons. The van der Waals surface area contributed by atoms with Gasteiger partial charge in [-0.1, -0.05) is 6.07 Å². The predicted octanol–water partition coefficient (Wildman–Crippen LogP) is 5.32. The lowest BCUT2D eigenvalue weighted by Gasteiger charge is -2.38. The van der Waals surface area contributed by atoms with Gasteiger partial charge in [-0.25, -0.2) is 9.97 Å². The Labute approximate surface area is 182 Å². The summed E-state index contributed by atoms with van der Waals surface area (Å²) in [6.07, 6.45) is -11.8. The molecule has 1 atom stereocenters. The number of hydrazone groups is 1. The van der Waals surface area contributed by atoms with Gasteiger partial charge in [-0.15, -0.1) is 11.3 Å². The summed E-state index contributed by atoms with van der Waals surface area (Å²) in [5, 5.41) is 15.3. The molecule has 3 aromatic rings. The molecule has 4 rings (SSSR count). The number of thiophene rings is 1. The summed E-state index contributed by atoms with van der Waals surface area (Å²) in [5.41, 5.74) is -6.80. The summed E-state index contributed by atoms with van der Waals surface area (Å²) >= 11 is 0.937. The first-order chi connectivity index (χ1) is 15.2. The summed E-state index contributed by atoms with van der Waals surface area (Å²) in [5.74, 6) is -7.43. The quantitative estimate of drug-likeness (QED) is 0.493. The van der Waals surface area contributed by atoms with E-state index in [1.807, 2.05) is 0 Å². The lowest BCUT2D eigenvalue weighted by Crippen LogP contribution is -2.64. The Morgan fingerprint density at radius 3 is 2.30 bits per heavy atom. The van der Waals surface area contributed by atoms with Gasteiger partial charge in [-0.3, -0.25) is 0 Å². The third-order valence-electron chi connectivity index (χ3n) is 4.62. The highest BCUT2D eigenvalue weighted by Gasteiger charge is 2.75. The molecule has 33 heavy (non-hydrogen) atoms. The van der Waals surface area contributed by atoms with E-state index in [4.69, 9.17) is 4.42 Å². The zero-order chi connectivity index (χ0) is 24.2. The fourth-order valence-electron chi connectivity index (χ4n) is 3.03. The second kappa shape index (κ2) is 7.48. The summed E-state index contributed by atoms with van der Waals surface area (Å²) in [7, 11) is 0. The lowest BCUT2D eigenvalue weighted by molar-refractivity contribution is -0.339. The smallest absolute Gasteiger partial charge is 0.458 e. The maximum absolute atomic E-state index is 14.5. The second-order valence-corrected chi connectivity index (χ2v) is 7.76. The monoisotopic (exact) mass is 498 g/mol. The first-order valence-corrected chi connectivity index (χ1v) is 9.71. The molecule has 1 N–H and O–H groups in total. The van der Waals surface area contributed by atoms with E-state index in [2.05, 4.69) is 15.1 Å². The van der Waals surface area contributed by atoms with Crippen molar-refractivity contribution in [3.05, 3.63) is 53.4 Å². The molecule has 0 saturated carbocycles. The first-order valence-electron chi connectivity index (χ1n) is 8.83. The van der Waals surface area contributed by atoms with E-state index in [1.54, 1.807) is 0 Å². The Bertz CT molecular complexity index is 1180. The van der Waals surface area contributed by atoms with E-state index in [9.17, 15) is 40.2 Å². The number of alkyl halides is 8. The fraction of sp³-hybridized carbons (Fsp3) is 0.278. The second-order valence-electron chi connectivity index (χ2n) is 6.81. The van der Waals surface area contributed by atoms with Crippen LogP contribution in [0.1, 0.15) is 17.9 Å². The van der Waals surface area contributed by atoms with E-state index >= 15 is 0 Å². The van der Waals surface area contributed by atoms with Gasteiger partial charge in [-0.2, -0.15) is 45.2 Å². The van der Waals surface area contributed by atoms with Crippen molar-refractivity contribution in [2.24, 2.45) is 5.10 Å². The number of hydrogen-bond acceptors (Lipinski definition) is 7. The Morgan fingerprint density at radius 2 is 1.76 bits per heavy atom. The maximum Gasteiger partial charge on any atom is 0.458 e. The zero-order valence-electron chi connectivity index (χ0n) is 15.8. The summed E-state index contributed by atoms with van der Waals surface area (Å²) in [4.78, 5) is 6.95. The van der Waals surface area contributed by atoms with Crippen LogP contribution in [0.15, 0.2) is 51.5 Å². The third kappa shape index (κ3) is 3.84. The number of aliphatic hydroxyl groups is 1. The molecule has 0 bridgehead atoms. The molecule has 0 fully saturated rings. The standard InChI is InChI=1S/C18H10F8N4O2S/c19-16(20,21)13-7-9(12-4-2-6-33-12)27-14(28-13)30-15(31,17(22,23)18(24,25)26)8-10(29-30)11-3-1-5-32-11/h1-7,31H,8H2/t15-/m1/s1. The van der Waals surface area contributed by atoms with E-state index in [0.717, 1.165) is 17.6 Å². The van der Waals surface area contributed by atoms with Crippen molar-refractivity contribution in [3.63, 3.8) is 0 Å². The van der Waals surface area contributed by atoms with Gasteiger partial charge in [0.05, 0.1) is 23.3 Å². The molecule has 0 saturated heterocycles. The summed E-state index contributed by atoms with van der Waals surface area (Å²) in [6, 6.07) is 5.76. The first kappa shape index (κ1) is 23.1. The van der Waals surface area contributed by atoms with Crippen LogP contribution in [0.4, 0.5) is 41.1 Å². The molecule has 15 heteroatoms. The number of aromatic nitrogens is 2. The minimum absolute atomic E-state index is 0.143. The van der Waals surface area contributed by atoms with Crippen molar-refractivity contribution in [2.75, 3.05) is 5.01 Å². The van der Waals surface area contributed by atoms with Crippen molar-refractivity contribution >= 4 is 23.0 Å². The van der Waals surface area contributed by atoms with Gasteiger partial charge in [0, 0.05) is 0 Å². The van der Waals surface area contributed by atoms with Crippen LogP contribution in [-0.2, 0) is 6.18 Å². The number of anilines is 1. The highest BCUT2D eigenvalue weighted by atomic mass is 32.1. The van der Waals surface area contributed by atoms with Crippen molar-refractivity contribution in [1.29, 1.82) is 0 Å². The van der Waals surface area contributed by atoms with Crippen LogP contribution in [0.5, 0.6) is 0 Å². The van der Waals surface area contributed by atoms with E-state index in [-0.39, 0.29) is 15.6 Å². The molecule has 0 amide bonds. The van der Waals surface area contributed by atoms with E-state index in [0.29, 0.717) is 6.07 Å².